The molecule has 2 rings (SSSR count). The fourth-order valence-electron chi connectivity index (χ4n) is 1.85. The summed E-state index contributed by atoms with van der Waals surface area (Å²) in [5, 5.41) is 24.0. The molecule has 0 aliphatic carbocycles. The molecule has 9 nitrogen and oxygen atoms in total. The molecule has 0 fully saturated rings. The lowest BCUT2D eigenvalue weighted by Crippen LogP contribution is -2.12. The molecule has 0 atom stereocenters. The summed E-state index contributed by atoms with van der Waals surface area (Å²) in [6, 6.07) is 8.98. The molecular weight excluding hydrogens is 306 g/mol. The summed E-state index contributed by atoms with van der Waals surface area (Å²) in [6.45, 7) is 0. The Morgan fingerprint density at radius 1 is 1.04 bits per heavy atom. The Labute approximate surface area is 129 Å². The van der Waals surface area contributed by atoms with Crippen LogP contribution >= 0.6 is 0 Å². The number of carbonyl (C=O) groups is 1. The maximum absolute atomic E-state index is 12.0. The Morgan fingerprint density at radius 3 is 2.22 bits per heavy atom. The molecule has 1 amide bonds. The fraction of sp³-hybridized carbons (Fsp3) is 0.0714. The Kier molecular flexibility index (Phi) is 4.50. The normalized spacial score (nSPS) is 9.96. The van der Waals surface area contributed by atoms with E-state index in [1.165, 1.54) is 49.6 Å². The molecule has 0 spiro atoms. The van der Waals surface area contributed by atoms with Crippen LogP contribution in [0.3, 0.4) is 0 Å². The van der Waals surface area contributed by atoms with E-state index in [-0.39, 0.29) is 28.4 Å². The number of methoxy groups -OCH3 is 1. The maximum atomic E-state index is 12.0. The summed E-state index contributed by atoms with van der Waals surface area (Å²) in [5.41, 5.74) is -0.0226. The van der Waals surface area contributed by atoms with Crippen molar-refractivity contribution >= 4 is 23.0 Å². The first-order chi connectivity index (χ1) is 10.9. The van der Waals surface area contributed by atoms with E-state index in [9.17, 15) is 25.0 Å². The number of anilines is 1. The van der Waals surface area contributed by atoms with Crippen LogP contribution < -0.4 is 10.1 Å². The number of nitrogens with one attached hydrogen (secondary N) is 1. The topological polar surface area (TPSA) is 125 Å². The third-order valence-electron chi connectivity index (χ3n) is 2.97. The average molecular weight is 317 g/mol. The molecule has 0 bridgehead atoms. The van der Waals surface area contributed by atoms with Crippen LogP contribution in [0.2, 0.25) is 0 Å². The number of ether oxygens (including phenoxy) is 1. The molecule has 0 aromatic heterocycles. The zero-order valence-electron chi connectivity index (χ0n) is 11.9. The van der Waals surface area contributed by atoms with Crippen molar-refractivity contribution < 1.29 is 19.4 Å². The van der Waals surface area contributed by atoms with E-state index >= 15 is 0 Å². The minimum Gasteiger partial charge on any atom is -0.490 e. The van der Waals surface area contributed by atoms with Gasteiger partial charge in [0.25, 0.3) is 11.6 Å². The Morgan fingerprint density at radius 2 is 1.70 bits per heavy atom. The lowest BCUT2D eigenvalue weighted by Gasteiger charge is -2.07. The van der Waals surface area contributed by atoms with Crippen LogP contribution in [-0.2, 0) is 0 Å². The standard InChI is InChI=1S/C14H11N3O6/c1-23-13-7-4-10(8-12(13)17(21)22)15-14(18)9-2-5-11(6-3-9)16(19)20/h2-8H,1H3,(H,15,18). The zero-order chi connectivity index (χ0) is 17.0. The molecule has 0 saturated heterocycles. The predicted octanol–water partition coefficient (Wildman–Crippen LogP) is 2.76. The SMILES string of the molecule is COc1ccc(NC(=O)c2ccc([N+](=O)[O-])cc2)cc1[N+](=O)[O-]. The highest BCUT2D eigenvalue weighted by molar-refractivity contribution is 6.04. The van der Waals surface area contributed by atoms with Crippen LogP contribution in [-0.4, -0.2) is 22.9 Å². The summed E-state index contributed by atoms with van der Waals surface area (Å²) in [4.78, 5) is 32.4. The van der Waals surface area contributed by atoms with Crippen LogP contribution in [0.1, 0.15) is 10.4 Å². The summed E-state index contributed by atoms with van der Waals surface area (Å²) in [5.74, 6) is -0.470. The third-order valence-corrected chi connectivity index (χ3v) is 2.97. The first kappa shape index (κ1) is 15.9. The van der Waals surface area contributed by atoms with Gasteiger partial charge in [-0.15, -0.1) is 0 Å². The van der Waals surface area contributed by atoms with Gasteiger partial charge in [0.05, 0.1) is 17.0 Å². The van der Waals surface area contributed by atoms with Crippen LogP contribution in [0.25, 0.3) is 0 Å². The number of hydrogen-bond donors (Lipinski definition) is 1. The Bertz CT molecular complexity index is 773. The van der Waals surface area contributed by atoms with Gasteiger partial charge in [-0.25, -0.2) is 0 Å². The van der Waals surface area contributed by atoms with Crippen LogP contribution in [0, 0.1) is 20.2 Å². The van der Waals surface area contributed by atoms with Gasteiger partial charge in [-0.2, -0.15) is 0 Å². The van der Waals surface area contributed by atoms with E-state index in [2.05, 4.69) is 5.32 Å². The fourth-order valence-corrected chi connectivity index (χ4v) is 1.85. The molecule has 2 aromatic carbocycles. The summed E-state index contributed by atoms with van der Waals surface area (Å²) >= 11 is 0. The molecule has 9 heteroatoms. The molecule has 0 aliphatic heterocycles. The number of carbonyl (C=O) groups excluding carboxylic acids is 1. The molecule has 1 N–H and O–H groups in total. The minimum absolute atomic E-state index is 0.0725. The smallest absolute Gasteiger partial charge is 0.312 e. The van der Waals surface area contributed by atoms with Crippen LogP contribution in [0.4, 0.5) is 17.1 Å². The maximum Gasteiger partial charge on any atom is 0.312 e. The molecule has 118 valence electrons. The number of rotatable bonds is 5. The average Bonchev–Trinajstić information content (AvgIpc) is 2.54. The second-order valence-corrected chi connectivity index (χ2v) is 4.40. The molecule has 0 heterocycles. The van der Waals surface area contributed by atoms with Gasteiger partial charge in [0.2, 0.25) is 0 Å². The highest BCUT2D eigenvalue weighted by Crippen LogP contribution is 2.29. The monoisotopic (exact) mass is 317 g/mol. The largest absolute Gasteiger partial charge is 0.490 e. The highest BCUT2D eigenvalue weighted by Gasteiger charge is 2.17. The van der Waals surface area contributed by atoms with Gasteiger partial charge in [-0.3, -0.25) is 25.0 Å². The van der Waals surface area contributed by atoms with Gasteiger partial charge in [0.15, 0.2) is 5.75 Å². The molecular formula is C14H11N3O6. The molecule has 0 aliphatic rings. The van der Waals surface area contributed by atoms with Crippen molar-refractivity contribution in [1.29, 1.82) is 0 Å². The first-order valence-corrected chi connectivity index (χ1v) is 6.30. The van der Waals surface area contributed by atoms with Crippen LogP contribution in [0.5, 0.6) is 5.75 Å². The van der Waals surface area contributed by atoms with E-state index in [0.717, 1.165) is 0 Å². The van der Waals surface area contributed by atoms with Crippen molar-refractivity contribution in [1.82, 2.24) is 0 Å². The van der Waals surface area contributed by atoms with Gasteiger partial charge in [0.1, 0.15) is 0 Å². The van der Waals surface area contributed by atoms with Gasteiger partial charge in [0, 0.05) is 29.4 Å². The van der Waals surface area contributed by atoms with Crippen molar-refractivity contribution in [2.45, 2.75) is 0 Å². The number of non-ortho nitro benzene ring substituents is 1. The summed E-state index contributed by atoms with van der Waals surface area (Å²) in [7, 11) is 1.30. The second-order valence-electron chi connectivity index (χ2n) is 4.40. The van der Waals surface area contributed by atoms with E-state index in [1.807, 2.05) is 0 Å². The van der Waals surface area contributed by atoms with Crippen molar-refractivity contribution in [2.75, 3.05) is 12.4 Å². The quantitative estimate of drug-likeness (QED) is 0.667. The van der Waals surface area contributed by atoms with Crippen molar-refractivity contribution in [3.63, 3.8) is 0 Å². The van der Waals surface area contributed by atoms with Crippen molar-refractivity contribution in [2.24, 2.45) is 0 Å². The number of hydrogen-bond acceptors (Lipinski definition) is 6. The molecule has 0 radical (unpaired) electrons. The molecule has 0 unspecified atom stereocenters. The Hall–Kier alpha value is -3.49. The number of nitrogens with zero attached hydrogens (tertiary/aromatic N) is 2. The third kappa shape index (κ3) is 3.59. The van der Waals surface area contributed by atoms with Gasteiger partial charge in [-0.1, -0.05) is 0 Å². The van der Waals surface area contributed by atoms with E-state index < -0.39 is 15.8 Å². The van der Waals surface area contributed by atoms with Crippen LogP contribution in [0.15, 0.2) is 42.5 Å². The van der Waals surface area contributed by atoms with Crippen molar-refractivity contribution in [3.05, 3.63) is 68.3 Å². The first-order valence-electron chi connectivity index (χ1n) is 6.30. The Balaban J connectivity index is 2.21. The molecule has 0 saturated carbocycles. The van der Waals surface area contributed by atoms with Gasteiger partial charge < -0.3 is 10.1 Å². The minimum atomic E-state index is -0.625. The number of nitro groups is 2. The number of nitro benzene ring substituents is 2. The van der Waals surface area contributed by atoms with Gasteiger partial charge >= 0.3 is 5.69 Å². The zero-order valence-corrected chi connectivity index (χ0v) is 11.9. The highest BCUT2D eigenvalue weighted by atomic mass is 16.6. The van der Waals surface area contributed by atoms with Crippen molar-refractivity contribution in [3.8, 4) is 5.75 Å². The lowest BCUT2D eigenvalue weighted by atomic mass is 10.2. The predicted molar refractivity (Wildman–Crippen MR) is 80.7 cm³/mol. The second kappa shape index (κ2) is 6.52. The summed E-state index contributed by atoms with van der Waals surface area (Å²) in [6.07, 6.45) is 0. The van der Waals surface area contributed by atoms with E-state index in [0.29, 0.717) is 0 Å². The van der Waals surface area contributed by atoms with E-state index in [1.54, 1.807) is 0 Å². The molecule has 23 heavy (non-hydrogen) atoms. The number of benzene rings is 2. The summed E-state index contributed by atoms with van der Waals surface area (Å²) < 4.78 is 4.87. The van der Waals surface area contributed by atoms with Gasteiger partial charge in [-0.05, 0) is 24.3 Å². The number of amides is 1. The molecule has 2 aromatic rings. The van der Waals surface area contributed by atoms with E-state index in [4.69, 9.17) is 4.74 Å². The lowest BCUT2D eigenvalue weighted by molar-refractivity contribution is -0.385.